The van der Waals surface area contributed by atoms with Crippen LogP contribution in [0.1, 0.15) is 11.6 Å². The number of aromatic hydroxyl groups is 1. The van der Waals surface area contributed by atoms with Gasteiger partial charge in [-0.1, -0.05) is 6.08 Å². The van der Waals surface area contributed by atoms with E-state index in [9.17, 15) is 9.50 Å². The minimum absolute atomic E-state index is 0.0104. The van der Waals surface area contributed by atoms with Crippen LogP contribution in [0.4, 0.5) is 4.39 Å². The standard InChI is InChI=1S/C9H10FNO/c1-2-8(11)7-5-6(10)3-4-9(7)12/h2-5,8,12H,1,11H2/t8-/m0/s1. The normalized spacial score (nSPS) is 12.5. The molecule has 64 valence electrons. The van der Waals surface area contributed by atoms with Crippen molar-refractivity contribution in [3.63, 3.8) is 0 Å². The van der Waals surface area contributed by atoms with E-state index in [0.717, 1.165) is 0 Å². The SMILES string of the molecule is C=C[C@H](N)c1cc(F)ccc1O. The first kappa shape index (κ1) is 8.74. The highest BCUT2D eigenvalue weighted by Gasteiger charge is 2.07. The van der Waals surface area contributed by atoms with Gasteiger partial charge in [0, 0.05) is 5.56 Å². The van der Waals surface area contributed by atoms with Crippen LogP contribution in [-0.2, 0) is 0 Å². The first-order valence-corrected chi connectivity index (χ1v) is 3.51. The van der Waals surface area contributed by atoms with E-state index in [1.165, 1.54) is 24.3 Å². The Balaban J connectivity index is 3.12. The summed E-state index contributed by atoms with van der Waals surface area (Å²) < 4.78 is 12.6. The van der Waals surface area contributed by atoms with Crippen molar-refractivity contribution in [2.24, 2.45) is 5.73 Å². The third-order valence-electron chi connectivity index (χ3n) is 1.60. The second-order valence-corrected chi connectivity index (χ2v) is 2.46. The molecule has 0 fully saturated rings. The van der Waals surface area contributed by atoms with Gasteiger partial charge in [0.1, 0.15) is 11.6 Å². The van der Waals surface area contributed by atoms with E-state index in [1.54, 1.807) is 0 Å². The molecule has 1 rings (SSSR count). The molecule has 3 N–H and O–H groups in total. The number of halogens is 1. The highest BCUT2D eigenvalue weighted by molar-refractivity contribution is 5.36. The van der Waals surface area contributed by atoms with Gasteiger partial charge in [-0.15, -0.1) is 6.58 Å². The minimum atomic E-state index is -0.527. The maximum absolute atomic E-state index is 12.6. The monoisotopic (exact) mass is 167 g/mol. The molecule has 0 radical (unpaired) electrons. The topological polar surface area (TPSA) is 46.2 Å². The number of rotatable bonds is 2. The number of phenolic OH excluding ortho intramolecular Hbond substituents is 1. The van der Waals surface area contributed by atoms with Gasteiger partial charge in [-0.25, -0.2) is 4.39 Å². The summed E-state index contributed by atoms with van der Waals surface area (Å²) in [7, 11) is 0. The summed E-state index contributed by atoms with van der Waals surface area (Å²) in [4.78, 5) is 0. The smallest absolute Gasteiger partial charge is 0.123 e. The van der Waals surface area contributed by atoms with Gasteiger partial charge in [-0.2, -0.15) is 0 Å². The van der Waals surface area contributed by atoms with Crippen LogP contribution in [0.15, 0.2) is 30.9 Å². The van der Waals surface area contributed by atoms with Gasteiger partial charge in [-0.3, -0.25) is 0 Å². The van der Waals surface area contributed by atoms with Crippen molar-refractivity contribution < 1.29 is 9.50 Å². The summed E-state index contributed by atoms with van der Waals surface area (Å²) in [5.74, 6) is -0.427. The van der Waals surface area contributed by atoms with E-state index in [0.29, 0.717) is 5.56 Å². The Hall–Kier alpha value is -1.35. The van der Waals surface area contributed by atoms with Crippen LogP contribution in [0, 0.1) is 5.82 Å². The van der Waals surface area contributed by atoms with Crippen LogP contribution in [-0.4, -0.2) is 5.11 Å². The molecule has 3 heteroatoms. The van der Waals surface area contributed by atoms with E-state index in [2.05, 4.69) is 6.58 Å². The number of benzene rings is 1. The fourth-order valence-corrected chi connectivity index (χ4v) is 0.919. The largest absolute Gasteiger partial charge is 0.508 e. The lowest BCUT2D eigenvalue weighted by atomic mass is 10.1. The molecular formula is C9H10FNO. The molecule has 0 aliphatic heterocycles. The Morgan fingerprint density at radius 1 is 1.58 bits per heavy atom. The van der Waals surface area contributed by atoms with Crippen molar-refractivity contribution in [3.05, 3.63) is 42.2 Å². The summed E-state index contributed by atoms with van der Waals surface area (Å²) in [6, 6.07) is 3.12. The maximum atomic E-state index is 12.6. The average molecular weight is 167 g/mol. The fraction of sp³-hybridized carbons (Fsp3) is 0.111. The van der Waals surface area contributed by atoms with E-state index in [-0.39, 0.29) is 5.75 Å². The Labute approximate surface area is 70.1 Å². The summed E-state index contributed by atoms with van der Waals surface area (Å²) >= 11 is 0. The van der Waals surface area contributed by atoms with Gasteiger partial charge in [0.15, 0.2) is 0 Å². The van der Waals surface area contributed by atoms with E-state index in [1.807, 2.05) is 0 Å². The molecule has 0 heterocycles. The fourth-order valence-electron chi connectivity index (χ4n) is 0.919. The molecule has 2 nitrogen and oxygen atoms in total. The second kappa shape index (κ2) is 3.36. The van der Waals surface area contributed by atoms with Crippen molar-refractivity contribution in [3.8, 4) is 5.75 Å². The van der Waals surface area contributed by atoms with Gasteiger partial charge >= 0.3 is 0 Å². The van der Waals surface area contributed by atoms with Crippen molar-refractivity contribution in [1.82, 2.24) is 0 Å². The molecule has 1 atom stereocenters. The third kappa shape index (κ3) is 1.62. The number of phenols is 1. The van der Waals surface area contributed by atoms with Crippen LogP contribution >= 0.6 is 0 Å². The van der Waals surface area contributed by atoms with E-state index in [4.69, 9.17) is 5.73 Å². The zero-order chi connectivity index (χ0) is 9.14. The van der Waals surface area contributed by atoms with Crippen LogP contribution in [0.3, 0.4) is 0 Å². The van der Waals surface area contributed by atoms with Crippen molar-refractivity contribution >= 4 is 0 Å². The molecule has 0 aromatic heterocycles. The van der Waals surface area contributed by atoms with Crippen LogP contribution in [0.5, 0.6) is 5.75 Å². The van der Waals surface area contributed by atoms with E-state index >= 15 is 0 Å². The highest BCUT2D eigenvalue weighted by Crippen LogP contribution is 2.23. The second-order valence-electron chi connectivity index (χ2n) is 2.46. The number of hydrogen-bond donors (Lipinski definition) is 2. The van der Waals surface area contributed by atoms with E-state index < -0.39 is 11.9 Å². The van der Waals surface area contributed by atoms with Gasteiger partial charge in [0.05, 0.1) is 6.04 Å². The Bertz CT molecular complexity index is 299. The Morgan fingerprint density at radius 2 is 2.25 bits per heavy atom. The van der Waals surface area contributed by atoms with Crippen molar-refractivity contribution in [2.45, 2.75) is 6.04 Å². The molecule has 0 aliphatic rings. The van der Waals surface area contributed by atoms with Crippen molar-refractivity contribution in [2.75, 3.05) is 0 Å². The van der Waals surface area contributed by atoms with Crippen LogP contribution in [0.2, 0.25) is 0 Å². The first-order valence-electron chi connectivity index (χ1n) is 3.51. The van der Waals surface area contributed by atoms with Gasteiger partial charge in [0.25, 0.3) is 0 Å². The van der Waals surface area contributed by atoms with Crippen molar-refractivity contribution in [1.29, 1.82) is 0 Å². The molecule has 1 aromatic rings. The average Bonchev–Trinajstić information content (AvgIpc) is 2.08. The molecule has 0 saturated heterocycles. The molecule has 0 amide bonds. The summed E-state index contributed by atoms with van der Waals surface area (Å²) in [5, 5.41) is 9.24. The minimum Gasteiger partial charge on any atom is -0.508 e. The summed E-state index contributed by atoms with van der Waals surface area (Å²) in [5.41, 5.74) is 5.87. The lowest BCUT2D eigenvalue weighted by Crippen LogP contribution is -2.06. The molecule has 0 aliphatic carbocycles. The van der Waals surface area contributed by atoms with Crippen LogP contribution in [0.25, 0.3) is 0 Å². The zero-order valence-corrected chi connectivity index (χ0v) is 6.50. The quantitative estimate of drug-likeness (QED) is 0.659. The predicted octanol–water partition coefficient (Wildman–Crippen LogP) is 1.72. The lowest BCUT2D eigenvalue weighted by Gasteiger charge is -2.08. The van der Waals surface area contributed by atoms with Gasteiger partial charge in [0.2, 0.25) is 0 Å². The molecule has 12 heavy (non-hydrogen) atoms. The maximum Gasteiger partial charge on any atom is 0.123 e. The van der Waals surface area contributed by atoms with Crippen LogP contribution < -0.4 is 5.73 Å². The molecule has 0 saturated carbocycles. The zero-order valence-electron chi connectivity index (χ0n) is 6.50. The van der Waals surface area contributed by atoms with Gasteiger partial charge < -0.3 is 10.8 Å². The number of nitrogens with two attached hydrogens (primary N) is 1. The lowest BCUT2D eigenvalue weighted by molar-refractivity contribution is 0.463. The number of hydrogen-bond acceptors (Lipinski definition) is 2. The predicted molar refractivity (Wildman–Crippen MR) is 45.2 cm³/mol. The molecular weight excluding hydrogens is 157 g/mol. The Kier molecular flexibility index (Phi) is 2.45. The molecule has 0 bridgehead atoms. The Morgan fingerprint density at radius 3 is 2.83 bits per heavy atom. The third-order valence-corrected chi connectivity index (χ3v) is 1.60. The molecule has 1 aromatic carbocycles. The van der Waals surface area contributed by atoms with Gasteiger partial charge in [-0.05, 0) is 18.2 Å². The molecule has 0 spiro atoms. The highest BCUT2D eigenvalue weighted by atomic mass is 19.1. The summed E-state index contributed by atoms with van der Waals surface area (Å²) in [6.07, 6.45) is 1.44. The first-order chi connectivity index (χ1) is 5.65. The summed E-state index contributed by atoms with van der Waals surface area (Å²) in [6.45, 7) is 3.45. The molecule has 0 unspecified atom stereocenters.